The molecule has 1 aromatic carbocycles. The van der Waals surface area contributed by atoms with Crippen LogP contribution in [0.2, 0.25) is 0 Å². The minimum atomic E-state index is -0.167. The van der Waals surface area contributed by atoms with E-state index in [1.54, 1.807) is 6.07 Å². The average Bonchev–Trinajstić information content (AvgIpc) is 2.78. The number of furan rings is 1. The summed E-state index contributed by atoms with van der Waals surface area (Å²) in [6, 6.07) is 11.2. The molecular formula is C13H10BrIN2O2. The van der Waals surface area contributed by atoms with Crippen LogP contribution in [0.4, 0.5) is 0 Å². The lowest BCUT2D eigenvalue weighted by atomic mass is 10.1. The van der Waals surface area contributed by atoms with Crippen LogP contribution in [0.25, 0.3) is 0 Å². The number of hydrogen-bond donors (Lipinski definition) is 1. The molecule has 0 bridgehead atoms. The van der Waals surface area contributed by atoms with Crippen LogP contribution in [-0.4, -0.2) is 12.1 Å². The van der Waals surface area contributed by atoms with E-state index >= 15 is 0 Å². The summed E-state index contributed by atoms with van der Waals surface area (Å²) < 4.78 is 7.04. The van der Waals surface area contributed by atoms with Crippen LogP contribution in [0.1, 0.15) is 11.3 Å². The molecule has 1 amide bonds. The number of halogens is 2. The van der Waals surface area contributed by atoms with Crippen molar-refractivity contribution in [3.05, 3.63) is 56.0 Å². The second-order valence-electron chi connectivity index (χ2n) is 3.74. The number of hydrogen-bond acceptors (Lipinski definition) is 3. The number of benzene rings is 1. The van der Waals surface area contributed by atoms with Gasteiger partial charge in [0.05, 0.1) is 12.6 Å². The van der Waals surface area contributed by atoms with Crippen molar-refractivity contribution in [2.24, 2.45) is 5.10 Å². The summed E-state index contributed by atoms with van der Waals surface area (Å²) >= 11 is 5.41. The maximum atomic E-state index is 11.6. The quantitative estimate of drug-likeness (QED) is 0.457. The van der Waals surface area contributed by atoms with Crippen molar-refractivity contribution in [3.63, 3.8) is 0 Å². The van der Waals surface area contributed by atoms with Crippen molar-refractivity contribution < 1.29 is 9.21 Å². The minimum Gasteiger partial charge on any atom is -0.449 e. The van der Waals surface area contributed by atoms with Gasteiger partial charge in [-0.3, -0.25) is 4.79 Å². The number of nitrogens with one attached hydrogen (secondary N) is 1. The molecule has 0 atom stereocenters. The maximum Gasteiger partial charge on any atom is 0.244 e. The van der Waals surface area contributed by atoms with Gasteiger partial charge in [-0.25, -0.2) is 5.43 Å². The second kappa shape index (κ2) is 6.85. The van der Waals surface area contributed by atoms with E-state index in [1.807, 2.05) is 30.3 Å². The largest absolute Gasteiger partial charge is 0.449 e. The van der Waals surface area contributed by atoms with E-state index in [4.69, 9.17) is 4.42 Å². The SMILES string of the molecule is O=C(Cc1ccc(Br)cc1)N/N=C\c1ccc(I)o1. The highest BCUT2D eigenvalue weighted by atomic mass is 127. The third-order valence-corrected chi connectivity index (χ3v) is 3.36. The summed E-state index contributed by atoms with van der Waals surface area (Å²) in [4.78, 5) is 11.6. The summed E-state index contributed by atoms with van der Waals surface area (Å²) in [5, 5.41) is 3.84. The van der Waals surface area contributed by atoms with Crippen LogP contribution in [-0.2, 0) is 11.2 Å². The van der Waals surface area contributed by atoms with Gasteiger partial charge in [-0.15, -0.1) is 0 Å². The number of carbonyl (C=O) groups is 1. The van der Waals surface area contributed by atoms with Gasteiger partial charge in [0.2, 0.25) is 5.91 Å². The number of hydrazone groups is 1. The Morgan fingerprint density at radius 2 is 2.05 bits per heavy atom. The van der Waals surface area contributed by atoms with Gasteiger partial charge in [0.15, 0.2) is 3.77 Å². The Hall–Kier alpha value is -1.15. The Kier molecular flexibility index (Phi) is 5.15. The Balaban J connectivity index is 1.84. The standard InChI is InChI=1S/C13H10BrIN2O2/c14-10-3-1-9(2-4-10)7-13(18)17-16-8-11-5-6-12(15)19-11/h1-6,8H,7H2,(H,17,18)/b16-8-. The van der Waals surface area contributed by atoms with Gasteiger partial charge >= 0.3 is 0 Å². The average molecular weight is 433 g/mol. The Bertz CT molecular complexity index is 593. The Labute approximate surface area is 132 Å². The monoisotopic (exact) mass is 432 g/mol. The lowest BCUT2D eigenvalue weighted by Crippen LogP contribution is -2.19. The van der Waals surface area contributed by atoms with Gasteiger partial charge in [-0.2, -0.15) is 5.10 Å². The first-order valence-electron chi connectivity index (χ1n) is 5.45. The molecule has 0 fully saturated rings. The number of amides is 1. The molecule has 0 aliphatic rings. The summed E-state index contributed by atoms with van der Waals surface area (Å²) in [6.45, 7) is 0. The topological polar surface area (TPSA) is 54.6 Å². The van der Waals surface area contributed by atoms with E-state index in [9.17, 15) is 4.79 Å². The second-order valence-corrected chi connectivity index (χ2v) is 5.72. The molecule has 0 saturated carbocycles. The predicted octanol–water partition coefficient (Wildman–Crippen LogP) is 3.34. The van der Waals surface area contributed by atoms with Crippen molar-refractivity contribution in [1.29, 1.82) is 0 Å². The Morgan fingerprint density at radius 1 is 1.32 bits per heavy atom. The number of rotatable bonds is 4. The predicted molar refractivity (Wildman–Crippen MR) is 85.0 cm³/mol. The van der Waals surface area contributed by atoms with E-state index < -0.39 is 0 Å². The minimum absolute atomic E-state index is 0.167. The van der Waals surface area contributed by atoms with Gasteiger partial charge in [-0.05, 0) is 52.4 Å². The summed E-state index contributed by atoms with van der Waals surface area (Å²) in [5.74, 6) is 0.438. The van der Waals surface area contributed by atoms with Crippen LogP contribution in [0, 0.1) is 3.77 Å². The van der Waals surface area contributed by atoms with E-state index in [-0.39, 0.29) is 5.91 Å². The van der Waals surface area contributed by atoms with Gasteiger partial charge in [0, 0.05) is 4.47 Å². The van der Waals surface area contributed by atoms with E-state index in [0.29, 0.717) is 12.2 Å². The van der Waals surface area contributed by atoms with Crippen molar-refractivity contribution in [2.75, 3.05) is 0 Å². The summed E-state index contributed by atoms with van der Waals surface area (Å²) in [7, 11) is 0. The molecule has 1 heterocycles. The molecule has 0 saturated heterocycles. The number of carbonyl (C=O) groups excluding carboxylic acids is 1. The van der Waals surface area contributed by atoms with Gasteiger partial charge in [-0.1, -0.05) is 28.1 Å². The molecule has 98 valence electrons. The molecule has 1 aromatic heterocycles. The highest BCUT2D eigenvalue weighted by Gasteiger charge is 2.02. The fourth-order valence-corrected chi connectivity index (χ4v) is 2.09. The molecule has 0 radical (unpaired) electrons. The third-order valence-electron chi connectivity index (χ3n) is 2.25. The molecule has 1 N–H and O–H groups in total. The third kappa shape index (κ3) is 4.79. The zero-order valence-corrected chi connectivity index (χ0v) is 13.5. The highest BCUT2D eigenvalue weighted by Crippen LogP contribution is 2.11. The number of nitrogens with zero attached hydrogens (tertiary/aromatic N) is 1. The molecule has 0 aliphatic heterocycles. The first-order valence-corrected chi connectivity index (χ1v) is 7.32. The van der Waals surface area contributed by atoms with Gasteiger partial charge in [0.25, 0.3) is 0 Å². The first kappa shape index (κ1) is 14.3. The summed E-state index contributed by atoms with van der Waals surface area (Å²) in [5.41, 5.74) is 3.39. The van der Waals surface area contributed by atoms with E-state index in [0.717, 1.165) is 13.8 Å². The fraction of sp³-hybridized carbons (Fsp3) is 0.0769. The smallest absolute Gasteiger partial charge is 0.244 e. The van der Waals surface area contributed by atoms with Crippen molar-refractivity contribution >= 4 is 50.6 Å². The molecule has 6 heteroatoms. The first-order chi connectivity index (χ1) is 9.13. The lowest BCUT2D eigenvalue weighted by Gasteiger charge is -2.00. The normalized spacial score (nSPS) is 10.8. The molecule has 0 unspecified atom stereocenters. The molecular weight excluding hydrogens is 423 g/mol. The molecule has 0 spiro atoms. The molecule has 4 nitrogen and oxygen atoms in total. The van der Waals surface area contributed by atoms with E-state index in [1.165, 1.54) is 6.21 Å². The zero-order valence-electron chi connectivity index (χ0n) is 9.77. The maximum absolute atomic E-state index is 11.6. The van der Waals surface area contributed by atoms with Crippen LogP contribution in [0.15, 0.2) is 50.4 Å². The van der Waals surface area contributed by atoms with Gasteiger partial charge < -0.3 is 4.42 Å². The highest BCUT2D eigenvalue weighted by molar-refractivity contribution is 14.1. The van der Waals surface area contributed by atoms with Crippen LogP contribution in [0.5, 0.6) is 0 Å². The fourth-order valence-electron chi connectivity index (χ4n) is 1.39. The molecule has 0 aliphatic carbocycles. The lowest BCUT2D eigenvalue weighted by molar-refractivity contribution is -0.120. The summed E-state index contributed by atoms with van der Waals surface area (Å²) in [6.07, 6.45) is 1.77. The molecule has 2 aromatic rings. The molecule has 2 rings (SSSR count). The van der Waals surface area contributed by atoms with Crippen LogP contribution >= 0.6 is 38.5 Å². The van der Waals surface area contributed by atoms with Crippen LogP contribution < -0.4 is 5.43 Å². The molecule has 19 heavy (non-hydrogen) atoms. The zero-order chi connectivity index (χ0) is 13.7. The van der Waals surface area contributed by atoms with Crippen molar-refractivity contribution in [2.45, 2.75) is 6.42 Å². The Morgan fingerprint density at radius 3 is 2.68 bits per heavy atom. The van der Waals surface area contributed by atoms with Crippen molar-refractivity contribution in [3.8, 4) is 0 Å². The van der Waals surface area contributed by atoms with Crippen LogP contribution in [0.3, 0.4) is 0 Å². The van der Waals surface area contributed by atoms with E-state index in [2.05, 4.69) is 49.0 Å². The van der Waals surface area contributed by atoms with Crippen molar-refractivity contribution in [1.82, 2.24) is 5.43 Å². The van der Waals surface area contributed by atoms with Gasteiger partial charge in [0.1, 0.15) is 5.76 Å².